The maximum Gasteiger partial charge on any atom is 0.192 e. The Morgan fingerprint density at radius 2 is 0.953 bits per heavy atom. The summed E-state index contributed by atoms with van der Waals surface area (Å²) < 4.78 is 28.2. The number of aliphatic hydroxyl groups excluding tert-OH is 1. The second-order valence-electron chi connectivity index (χ2n) is 23.6. The number of hydrogen-bond acceptors (Lipinski definition) is 5. The highest BCUT2D eigenvalue weighted by atomic mass is 28.4. The third-order valence-electron chi connectivity index (χ3n) is 15.0. The highest BCUT2D eigenvalue weighted by Gasteiger charge is 2.43. The van der Waals surface area contributed by atoms with Gasteiger partial charge in [0.2, 0.25) is 0 Å². The third-order valence-corrected chi connectivity index (χ3v) is 28.4. The minimum absolute atomic E-state index is 0.0189. The third kappa shape index (κ3) is 15.3. The Morgan fingerprint density at radius 3 is 1.38 bits per heavy atom. The number of hydrogen-bond donors (Lipinski definition) is 1. The van der Waals surface area contributed by atoms with E-state index in [-0.39, 0.29) is 39.2 Å². The predicted octanol–water partition coefficient (Wildman–Crippen LogP) is 15.6. The van der Waals surface area contributed by atoms with E-state index in [0.717, 1.165) is 29.7 Å². The fourth-order valence-electron chi connectivity index (χ4n) is 7.65. The van der Waals surface area contributed by atoms with Gasteiger partial charge in [0.25, 0.3) is 0 Å². The predicted molar refractivity (Wildman–Crippen MR) is 283 cm³/mol. The maximum atomic E-state index is 11.9. The van der Waals surface area contributed by atoms with Crippen LogP contribution in [0, 0.1) is 23.7 Å². The molecule has 0 unspecified atom stereocenters. The normalized spacial score (nSPS) is 17.3. The van der Waals surface area contributed by atoms with Crippen LogP contribution in [0.5, 0.6) is 0 Å². The molecule has 5 nitrogen and oxygen atoms in total. The van der Waals surface area contributed by atoms with Crippen molar-refractivity contribution in [3.05, 3.63) is 132 Å². The molecule has 0 aromatic heterocycles. The number of rotatable bonds is 23. The molecule has 0 saturated carbocycles. The van der Waals surface area contributed by atoms with Gasteiger partial charge in [-0.25, -0.2) is 0 Å². The van der Waals surface area contributed by atoms with Crippen molar-refractivity contribution in [2.24, 2.45) is 23.7 Å². The number of aliphatic hydroxyl groups is 1. The lowest BCUT2D eigenvalue weighted by atomic mass is 9.80. The first kappa shape index (κ1) is 55.9. The van der Waals surface area contributed by atoms with Crippen LogP contribution in [0.15, 0.2) is 115 Å². The molecule has 0 aliphatic carbocycles. The fourth-order valence-corrected chi connectivity index (χ4v) is 11.7. The van der Waals surface area contributed by atoms with Crippen LogP contribution in [-0.4, -0.2) is 61.6 Å². The minimum Gasteiger partial charge on any atom is -0.417 e. The van der Waals surface area contributed by atoms with Gasteiger partial charge in [0.1, 0.15) is 5.60 Å². The van der Waals surface area contributed by atoms with Crippen LogP contribution >= 0.6 is 0 Å². The summed E-state index contributed by atoms with van der Waals surface area (Å²) in [5.74, 6) is 0.870. The van der Waals surface area contributed by atoms with Crippen molar-refractivity contribution < 1.29 is 23.1 Å². The molecule has 64 heavy (non-hydrogen) atoms. The van der Waals surface area contributed by atoms with Crippen molar-refractivity contribution in [2.75, 3.05) is 13.2 Å². The highest BCUT2D eigenvalue weighted by molar-refractivity contribution is 6.75. The van der Waals surface area contributed by atoms with Crippen LogP contribution in [-0.2, 0) is 23.6 Å². The van der Waals surface area contributed by atoms with Crippen molar-refractivity contribution in [2.45, 2.75) is 181 Å². The van der Waals surface area contributed by atoms with E-state index >= 15 is 0 Å². The van der Waals surface area contributed by atoms with Gasteiger partial charge in [-0.05, 0) is 101 Å². The summed E-state index contributed by atoms with van der Waals surface area (Å²) in [7, 11) is -6.14. The SMILES string of the molecule is C[C@@H](CO[Si](C)(C)C(C)(C)C)C[C@H](C)[C@@H](O[Si](C)(C)C(C)(C)C)[C@@H](C)/C=C\[C@@H](O)C[C@H](O[Si](C)(C)C(C)(C)C)[C@H](C)/C=C/COC(c1ccccc1)(c1ccccc1)c1ccccc1. The van der Waals surface area contributed by atoms with Gasteiger partial charge in [-0.2, -0.15) is 0 Å². The van der Waals surface area contributed by atoms with Gasteiger partial charge in [0, 0.05) is 13.0 Å². The summed E-state index contributed by atoms with van der Waals surface area (Å²) in [5, 5.41) is 12.2. The van der Waals surface area contributed by atoms with Gasteiger partial charge < -0.3 is 23.1 Å². The van der Waals surface area contributed by atoms with E-state index in [2.05, 4.69) is 239 Å². The van der Waals surface area contributed by atoms with Crippen LogP contribution in [0.25, 0.3) is 0 Å². The Kier molecular flexibility index (Phi) is 20.1. The van der Waals surface area contributed by atoms with Crippen molar-refractivity contribution in [3.8, 4) is 0 Å². The van der Waals surface area contributed by atoms with Gasteiger partial charge >= 0.3 is 0 Å². The van der Waals surface area contributed by atoms with Crippen LogP contribution in [0.2, 0.25) is 54.4 Å². The fraction of sp³-hybridized carbons (Fsp3) is 0.607. The smallest absolute Gasteiger partial charge is 0.192 e. The number of benzene rings is 3. The Hall–Kier alpha value is -2.41. The summed E-state index contributed by atoms with van der Waals surface area (Å²) in [4.78, 5) is 0. The Labute approximate surface area is 396 Å². The molecule has 0 heterocycles. The average molecular weight is 930 g/mol. The van der Waals surface area contributed by atoms with Gasteiger partial charge in [-0.15, -0.1) is 0 Å². The second kappa shape index (κ2) is 23.1. The van der Waals surface area contributed by atoms with Crippen molar-refractivity contribution in [3.63, 3.8) is 0 Å². The molecule has 0 aliphatic rings. The molecular weight excluding hydrogens is 837 g/mol. The van der Waals surface area contributed by atoms with Crippen molar-refractivity contribution in [1.29, 1.82) is 0 Å². The summed E-state index contributed by atoms with van der Waals surface area (Å²) in [6.45, 7) is 45.1. The second-order valence-corrected chi connectivity index (χ2v) is 37.9. The Balaban J connectivity index is 1.89. The lowest BCUT2D eigenvalue weighted by Crippen LogP contribution is -2.47. The molecule has 0 bridgehead atoms. The van der Waals surface area contributed by atoms with E-state index in [1.807, 2.05) is 6.08 Å². The summed E-state index contributed by atoms with van der Waals surface area (Å²) in [5.41, 5.74) is 2.43. The van der Waals surface area contributed by atoms with E-state index in [4.69, 9.17) is 18.0 Å². The topological polar surface area (TPSA) is 57.2 Å². The lowest BCUT2D eigenvalue weighted by molar-refractivity contribution is 0.0314. The molecule has 0 amide bonds. The molecule has 3 rings (SSSR count). The molecule has 0 saturated heterocycles. The molecule has 358 valence electrons. The van der Waals surface area contributed by atoms with Crippen LogP contribution in [0.3, 0.4) is 0 Å². The molecule has 0 spiro atoms. The van der Waals surface area contributed by atoms with Gasteiger partial charge in [-0.1, -0.05) is 205 Å². The first-order chi connectivity index (χ1) is 29.4. The van der Waals surface area contributed by atoms with Gasteiger partial charge in [0.05, 0.1) is 24.9 Å². The molecule has 7 atom stereocenters. The molecular formula is C56H92O5Si3. The number of ether oxygens (including phenoxy) is 1. The summed E-state index contributed by atoms with van der Waals surface area (Å²) in [6.07, 6.45) is 9.27. The zero-order chi connectivity index (χ0) is 48.4. The van der Waals surface area contributed by atoms with Crippen molar-refractivity contribution >= 4 is 25.0 Å². The quantitative estimate of drug-likeness (QED) is 0.0583. The monoisotopic (exact) mass is 929 g/mol. The summed E-state index contributed by atoms with van der Waals surface area (Å²) in [6, 6.07) is 31.5. The molecule has 3 aromatic carbocycles. The van der Waals surface area contributed by atoms with E-state index in [1.54, 1.807) is 0 Å². The minimum atomic E-state index is -2.20. The molecule has 0 radical (unpaired) electrons. The van der Waals surface area contributed by atoms with Gasteiger partial charge in [0.15, 0.2) is 25.0 Å². The molecule has 8 heteroatoms. The molecule has 0 aliphatic heterocycles. The van der Waals surface area contributed by atoms with E-state index in [1.165, 1.54) is 0 Å². The lowest BCUT2D eigenvalue weighted by Gasteiger charge is -2.43. The Morgan fingerprint density at radius 1 is 0.531 bits per heavy atom. The Bertz CT molecular complexity index is 1760. The van der Waals surface area contributed by atoms with Crippen molar-refractivity contribution in [1.82, 2.24) is 0 Å². The van der Waals surface area contributed by atoms with Crippen LogP contribution in [0.1, 0.15) is 120 Å². The van der Waals surface area contributed by atoms with Crippen LogP contribution < -0.4 is 0 Å². The van der Waals surface area contributed by atoms with E-state index in [9.17, 15) is 5.11 Å². The van der Waals surface area contributed by atoms with Gasteiger partial charge in [-0.3, -0.25) is 0 Å². The summed E-state index contributed by atoms with van der Waals surface area (Å²) >= 11 is 0. The first-order valence-corrected chi connectivity index (χ1v) is 33.0. The highest BCUT2D eigenvalue weighted by Crippen LogP contribution is 2.43. The first-order valence-electron chi connectivity index (χ1n) is 24.3. The van der Waals surface area contributed by atoms with E-state index in [0.29, 0.717) is 24.9 Å². The van der Waals surface area contributed by atoms with E-state index < -0.39 is 36.7 Å². The zero-order valence-electron chi connectivity index (χ0n) is 43.9. The molecule has 0 fully saturated rings. The molecule has 1 N–H and O–H groups in total. The zero-order valence-corrected chi connectivity index (χ0v) is 46.9. The van der Waals surface area contributed by atoms with Crippen LogP contribution in [0.4, 0.5) is 0 Å². The standard InChI is InChI=1S/C56H92O5Si3/c1-43(42-59-62(14,15)53(5,6)7)40-46(4)52(61-64(18,19)55(11,12)13)45(3)37-38-50(57)41-51(60-63(16,17)54(8,9)10)44(2)30-29-39-58-56(47-31-23-20-24-32-47,48-33-25-21-26-34-48)49-35-27-22-28-36-49/h20-38,43-46,50-52,57H,39-42H2,1-19H3/b30-29+,38-37-/t43-,44-,45+,46+,50-,51+,52+/m1/s1. The average Bonchev–Trinajstić information content (AvgIpc) is 3.20. The largest absolute Gasteiger partial charge is 0.417 e. The maximum absolute atomic E-state index is 11.9. The molecule has 3 aromatic rings.